The summed E-state index contributed by atoms with van der Waals surface area (Å²) in [6, 6.07) is 7.55. The molecule has 7 aliphatic rings. The van der Waals surface area contributed by atoms with Crippen LogP contribution in [0, 0.1) is 11.8 Å². The number of rotatable bonds is 1. The lowest BCUT2D eigenvalue weighted by molar-refractivity contribution is 0.0285. The molecule has 2 bridgehead atoms. The van der Waals surface area contributed by atoms with Gasteiger partial charge in [-0.05, 0) is 12.1 Å². The minimum absolute atomic E-state index is 0.182. The molecule has 6 heteroatoms. The third-order valence-corrected chi connectivity index (χ3v) is 6.30. The minimum Gasteiger partial charge on any atom is -0.369 e. The van der Waals surface area contributed by atoms with Crippen LogP contribution in [0.4, 0.5) is 0 Å². The summed E-state index contributed by atoms with van der Waals surface area (Å²) >= 11 is 0. The third-order valence-electron chi connectivity index (χ3n) is 6.30. The Morgan fingerprint density at radius 1 is 0.773 bits per heavy atom. The van der Waals surface area contributed by atoms with Crippen LogP contribution >= 0.6 is 0 Å². The second-order valence-corrected chi connectivity index (χ2v) is 7.11. The van der Waals surface area contributed by atoms with Crippen molar-refractivity contribution in [2.45, 2.75) is 36.5 Å². The van der Waals surface area contributed by atoms with Crippen LogP contribution < -0.4 is 0 Å². The SMILES string of the molecule is O=C1c2ccccc2C(=O)N1N1[C@@H]2C3[C@H]4O[C@H]4C([C@@H]4O[C@H]34)[C@@H]21. The van der Waals surface area contributed by atoms with Gasteiger partial charge >= 0.3 is 0 Å². The number of carbonyl (C=O) groups excluding carboxylic acids is 2. The van der Waals surface area contributed by atoms with Crippen molar-refractivity contribution < 1.29 is 19.1 Å². The van der Waals surface area contributed by atoms with Crippen molar-refractivity contribution in [3.8, 4) is 0 Å². The zero-order valence-corrected chi connectivity index (χ0v) is 11.5. The molecule has 3 saturated heterocycles. The van der Waals surface area contributed by atoms with E-state index >= 15 is 0 Å². The number of benzene rings is 1. The molecule has 0 aromatic heterocycles. The van der Waals surface area contributed by atoms with Gasteiger partial charge in [-0.25, -0.2) is 10.0 Å². The summed E-state index contributed by atoms with van der Waals surface area (Å²) in [6.45, 7) is 0. The molecule has 1 aromatic rings. The van der Waals surface area contributed by atoms with Crippen molar-refractivity contribution in [1.29, 1.82) is 0 Å². The summed E-state index contributed by atoms with van der Waals surface area (Å²) in [6.07, 6.45) is 1.15. The lowest BCUT2D eigenvalue weighted by Gasteiger charge is -2.24. The van der Waals surface area contributed by atoms with Crippen LogP contribution in [0.3, 0.4) is 0 Å². The molecule has 1 unspecified atom stereocenters. The van der Waals surface area contributed by atoms with Gasteiger partial charge < -0.3 is 9.47 Å². The standard InChI is InChI=1S/C16H12N2O4/c19-15-5-3-1-2-4-6(5)16(20)18(15)17-9-7-11-13(21-11)8(10(9)17)14-12(7)22-14/h1-4,7-14H/t7?,8?,9-,10+,11-,12-,13+,14+,17?. The normalized spacial score (nSPS) is 54.5. The molecule has 4 aliphatic heterocycles. The molecular weight excluding hydrogens is 284 g/mol. The van der Waals surface area contributed by atoms with E-state index in [1.165, 1.54) is 5.01 Å². The summed E-state index contributed by atoms with van der Waals surface area (Å²) in [7, 11) is 0. The predicted molar refractivity (Wildman–Crippen MR) is 70.7 cm³/mol. The van der Waals surface area contributed by atoms with E-state index in [0.29, 0.717) is 23.0 Å². The van der Waals surface area contributed by atoms with Crippen LogP contribution in [-0.4, -0.2) is 58.3 Å². The smallest absolute Gasteiger partial charge is 0.276 e. The van der Waals surface area contributed by atoms with E-state index in [9.17, 15) is 9.59 Å². The molecule has 7 atom stereocenters. The van der Waals surface area contributed by atoms with Gasteiger partial charge in [0, 0.05) is 11.8 Å². The summed E-state index contributed by atoms with van der Waals surface area (Å²) in [5, 5.41) is 3.40. The second kappa shape index (κ2) is 2.99. The Morgan fingerprint density at radius 3 is 1.68 bits per heavy atom. The first-order chi connectivity index (χ1) is 10.8. The summed E-state index contributed by atoms with van der Waals surface area (Å²) in [4.78, 5) is 25.3. The Balaban J connectivity index is 1.31. The molecule has 0 N–H and O–H groups in total. The summed E-state index contributed by atoms with van der Waals surface area (Å²) in [5.74, 6) is 0.292. The van der Waals surface area contributed by atoms with Gasteiger partial charge in [0.15, 0.2) is 0 Å². The first kappa shape index (κ1) is 10.9. The van der Waals surface area contributed by atoms with Gasteiger partial charge in [-0.2, -0.15) is 0 Å². The number of hydrogen-bond donors (Lipinski definition) is 0. The van der Waals surface area contributed by atoms with E-state index in [1.54, 1.807) is 24.3 Å². The average Bonchev–Trinajstić information content (AvgIpc) is 3.40. The number of hydrogen-bond acceptors (Lipinski definition) is 5. The van der Waals surface area contributed by atoms with E-state index in [2.05, 4.69) is 0 Å². The highest BCUT2D eigenvalue weighted by Crippen LogP contribution is 2.68. The molecule has 110 valence electrons. The summed E-state index contributed by atoms with van der Waals surface area (Å²) in [5.41, 5.74) is 1.04. The maximum absolute atomic E-state index is 12.7. The Bertz CT molecular complexity index is 715. The van der Waals surface area contributed by atoms with Crippen molar-refractivity contribution in [3.05, 3.63) is 35.4 Å². The minimum atomic E-state index is -0.182. The van der Waals surface area contributed by atoms with Gasteiger partial charge in [-0.1, -0.05) is 12.1 Å². The monoisotopic (exact) mass is 296 g/mol. The van der Waals surface area contributed by atoms with Crippen LogP contribution in [0.1, 0.15) is 20.7 Å². The molecule has 0 radical (unpaired) electrons. The van der Waals surface area contributed by atoms with Crippen LogP contribution in [-0.2, 0) is 9.47 Å². The molecule has 22 heavy (non-hydrogen) atoms. The van der Waals surface area contributed by atoms with Gasteiger partial charge in [-0.15, -0.1) is 0 Å². The number of hydrazine groups is 1. The predicted octanol–water partition coefficient (Wildman–Crippen LogP) is 0.0448. The molecule has 8 rings (SSSR count). The fraction of sp³-hybridized carbons (Fsp3) is 0.500. The topological polar surface area (TPSA) is 65.5 Å². The highest BCUT2D eigenvalue weighted by molar-refractivity contribution is 6.21. The number of ether oxygens (including phenoxy) is 2. The first-order valence-corrected chi connectivity index (χ1v) is 7.84. The van der Waals surface area contributed by atoms with Gasteiger partial charge in [0.1, 0.15) is 0 Å². The van der Waals surface area contributed by atoms with Crippen molar-refractivity contribution >= 4 is 11.8 Å². The van der Waals surface area contributed by atoms with E-state index in [0.717, 1.165) is 0 Å². The molecule has 0 spiro atoms. The van der Waals surface area contributed by atoms with E-state index in [-0.39, 0.29) is 48.3 Å². The van der Waals surface area contributed by atoms with Crippen LogP contribution in [0.15, 0.2) is 24.3 Å². The fourth-order valence-corrected chi connectivity index (χ4v) is 5.38. The molecule has 2 amide bonds. The van der Waals surface area contributed by atoms with Crippen molar-refractivity contribution in [3.63, 3.8) is 0 Å². The van der Waals surface area contributed by atoms with Crippen molar-refractivity contribution in [2.24, 2.45) is 11.8 Å². The maximum Gasteiger partial charge on any atom is 0.276 e. The van der Waals surface area contributed by atoms with Crippen LogP contribution in [0.2, 0.25) is 0 Å². The zero-order chi connectivity index (χ0) is 14.3. The lowest BCUT2D eigenvalue weighted by Crippen LogP contribution is -2.44. The van der Waals surface area contributed by atoms with Crippen molar-refractivity contribution in [1.82, 2.24) is 10.0 Å². The van der Waals surface area contributed by atoms with E-state index in [4.69, 9.17) is 9.47 Å². The number of nitrogens with zero attached hydrogens (tertiary/aromatic N) is 2. The Hall–Kier alpha value is -1.76. The first-order valence-electron chi connectivity index (χ1n) is 7.84. The maximum atomic E-state index is 12.7. The molecule has 3 aliphatic carbocycles. The summed E-state index contributed by atoms with van der Waals surface area (Å²) < 4.78 is 11.6. The number of amides is 2. The van der Waals surface area contributed by atoms with Gasteiger partial charge in [0.2, 0.25) is 0 Å². The Kier molecular flexibility index (Phi) is 1.48. The average molecular weight is 296 g/mol. The lowest BCUT2D eigenvalue weighted by atomic mass is 9.71. The van der Waals surface area contributed by atoms with Crippen molar-refractivity contribution in [2.75, 3.05) is 0 Å². The molecule has 6 fully saturated rings. The fourth-order valence-electron chi connectivity index (χ4n) is 5.38. The Labute approximate surface area is 125 Å². The molecule has 1 aromatic carbocycles. The third kappa shape index (κ3) is 0.958. The van der Waals surface area contributed by atoms with Crippen LogP contribution in [0.25, 0.3) is 0 Å². The number of imide groups is 1. The number of carbonyl (C=O) groups is 2. The molecule has 6 nitrogen and oxygen atoms in total. The van der Waals surface area contributed by atoms with Crippen LogP contribution in [0.5, 0.6) is 0 Å². The van der Waals surface area contributed by atoms with Gasteiger partial charge in [0.25, 0.3) is 11.8 Å². The molecule has 3 saturated carbocycles. The highest BCUT2D eigenvalue weighted by atomic mass is 16.6. The second-order valence-electron chi connectivity index (χ2n) is 7.11. The van der Waals surface area contributed by atoms with Gasteiger partial charge in [-0.3, -0.25) is 9.59 Å². The zero-order valence-electron chi connectivity index (χ0n) is 11.5. The van der Waals surface area contributed by atoms with E-state index in [1.807, 2.05) is 5.01 Å². The Morgan fingerprint density at radius 2 is 1.23 bits per heavy atom. The van der Waals surface area contributed by atoms with E-state index < -0.39 is 0 Å². The largest absolute Gasteiger partial charge is 0.369 e. The number of fused-ring (bicyclic) bond motifs is 1. The number of epoxide rings is 2. The quantitative estimate of drug-likeness (QED) is 0.541. The molecular formula is C16H12N2O4. The molecule has 4 heterocycles. The highest BCUT2D eigenvalue weighted by Gasteiger charge is 2.85. The van der Waals surface area contributed by atoms with Gasteiger partial charge in [0.05, 0.1) is 47.6 Å².